The summed E-state index contributed by atoms with van der Waals surface area (Å²) in [6.45, 7) is 5.69. The van der Waals surface area contributed by atoms with Crippen molar-refractivity contribution in [3.8, 4) is 0 Å². The quantitative estimate of drug-likeness (QED) is 0.518. The molecule has 0 bridgehead atoms. The Morgan fingerprint density at radius 1 is 1.33 bits per heavy atom. The van der Waals surface area contributed by atoms with E-state index in [-0.39, 0.29) is 0 Å². The van der Waals surface area contributed by atoms with Crippen molar-refractivity contribution in [2.75, 3.05) is 12.0 Å². The fraction of sp³-hybridized carbons (Fsp3) is 0.250. The number of anilines is 1. The van der Waals surface area contributed by atoms with Crippen LogP contribution in [0.4, 0.5) is 5.69 Å². The van der Waals surface area contributed by atoms with E-state index >= 15 is 0 Å². The minimum Gasteiger partial charge on any atom is -0.468 e. The Morgan fingerprint density at radius 2 is 2.05 bits per heavy atom. The number of ether oxygens (including phenoxy) is 1. The normalized spacial score (nSPS) is 11.3. The molecule has 2 aromatic rings. The summed E-state index contributed by atoms with van der Waals surface area (Å²) < 4.78 is 10.3. The smallest absolute Gasteiger partial charge is 0.342 e. The summed E-state index contributed by atoms with van der Waals surface area (Å²) in [6.07, 6.45) is 1.41. The molecule has 1 aromatic carbocycles. The summed E-state index contributed by atoms with van der Waals surface area (Å²) in [5.41, 5.74) is 5.54. The summed E-state index contributed by atoms with van der Waals surface area (Å²) in [5, 5.41) is 4.30. The molecule has 0 amide bonds. The van der Waals surface area contributed by atoms with Gasteiger partial charge in [0.15, 0.2) is 0 Å². The third-order valence-corrected chi connectivity index (χ3v) is 2.96. The molecule has 0 aliphatic carbocycles. The molecule has 0 aliphatic rings. The molecule has 0 spiro atoms. The first-order valence-electron chi connectivity index (χ1n) is 6.74. The Bertz CT molecular complexity index is 645. The number of carbonyl (C=O) groups is 1. The predicted molar refractivity (Wildman–Crippen MR) is 81.7 cm³/mol. The second-order valence-corrected chi connectivity index (χ2v) is 4.48. The van der Waals surface area contributed by atoms with Gasteiger partial charge in [0.25, 0.3) is 0 Å². The Kier molecular flexibility index (Phi) is 4.77. The number of benzene rings is 1. The Labute approximate surface area is 123 Å². The molecule has 0 unspecified atom stereocenters. The molecule has 0 saturated carbocycles. The van der Waals surface area contributed by atoms with Crippen LogP contribution < -0.4 is 5.43 Å². The van der Waals surface area contributed by atoms with E-state index in [1.54, 1.807) is 13.8 Å². The van der Waals surface area contributed by atoms with Crippen molar-refractivity contribution in [2.24, 2.45) is 5.10 Å². The van der Waals surface area contributed by atoms with E-state index in [1.807, 2.05) is 37.3 Å². The maximum absolute atomic E-state index is 11.9. The summed E-state index contributed by atoms with van der Waals surface area (Å²) in [4.78, 5) is 11.9. The third-order valence-electron chi connectivity index (χ3n) is 2.96. The number of nitrogens with zero attached hydrogens (tertiary/aromatic N) is 1. The van der Waals surface area contributed by atoms with Gasteiger partial charge in [-0.1, -0.05) is 18.2 Å². The molecule has 0 aliphatic heterocycles. The number of hydrazone groups is 1. The van der Waals surface area contributed by atoms with E-state index in [2.05, 4.69) is 10.5 Å². The summed E-state index contributed by atoms with van der Waals surface area (Å²) >= 11 is 0. The fourth-order valence-corrected chi connectivity index (χ4v) is 1.98. The lowest BCUT2D eigenvalue weighted by atomic mass is 10.1. The minimum absolute atomic E-state index is 0.320. The highest BCUT2D eigenvalue weighted by molar-refractivity contribution is 6.08. The van der Waals surface area contributed by atoms with Crippen molar-refractivity contribution in [3.05, 3.63) is 53.5 Å². The first-order chi connectivity index (χ1) is 10.1. The largest absolute Gasteiger partial charge is 0.468 e. The van der Waals surface area contributed by atoms with Gasteiger partial charge in [-0.05, 0) is 32.9 Å². The van der Waals surface area contributed by atoms with Crippen molar-refractivity contribution >= 4 is 17.4 Å². The molecule has 110 valence electrons. The molecule has 1 N–H and O–H groups in total. The van der Waals surface area contributed by atoms with Crippen LogP contribution >= 0.6 is 0 Å². The molecule has 0 atom stereocenters. The number of hydrogen-bond acceptors (Lipinski definition) is 5. The van der Waals surface area contributed by atoms with Crippen LogP contribution in [-0.2, 0) is 4.74 Å². The number of para-hydroxylation sites is 1. The summed E-state index contributed by atoms with van der Waals surface area (Å²) in [6, 6.07) is 9.58. The van der Waals surface area contributed by atoms with Crippen LogP contribution in [0, 0.1) is 6.92 Å². The van der Waals surface area contributed by atoms with Gasteiger partial charge in [0.1, 0.15) is 17.6 Å². The van der Waals surface area contributed by atoms with Crippen molar-refractivity contribution in [3.63, 3.8) is 0 Å². The van der Waals surface area contributed by atoms with Crippen molar-refractivity contribution in [2.45, 2.75) is 20.8 Å². The zero-order chi connectivity index (χ0) is 15.2. The lowest BCUT2D eigenvalue weighted by Gasteiger charge is -2.05. The van der Waals surface area contributed by atoms with Crippen LogP contribution in [0.2, 0.25) is 0 Å². The molecule has 5 nitrogen and oxygen atoms in total. The molecule has 0 radical (unpaired) electrons. The van der Waals surface area contributed by atoms with Gasteiger partial charge in [0.05, 0.1) is 23.6 Å². The average Bonchev–Trinajstić information content (AvgIpc) is 2.88. The molecule has 0 saturated heterocycles. The zero-order valence-corrected chi connectivity index (χ0v) is 12.3. The number of rotatable bonds is 5. The lowest BCUT2D eigenvalue weighted by molar-refractivity contribution is 0.0525. The standard InChI is InChI=1S/C16H18N2O3/c1-4-20-16(19)14-10-21-12(3)15(14)11(2)17-18-13-8-6-5-7-9-13/h5-10,18H,4H2,1-3H3/b17-11+. The molecule has 1 aromatic heterocycles. The Morgan fingerprint density at radius 3 is 2.71 bits per heavy atom. The van der Waals surface area contributed by atoms with Gasteiger partial charge < -0.3 is 9.15 Å². The van der Waals surface area contributed by atoms with Gasteiger partial charge in [-0.3, -0.25) is 5.43 Å². The van der Waals surface area contributed by atoms with E-state index in [9.17, 15) is 4.79 Å². The zero-order valence-electron chi connectivity index (χ0n) is 12.3. The molecule has 1 heterocycles. The molecular weight excluding hydrogens is 268 g/mol. The number of furan rings is 1. The van der Waals surface area contributed by atoms with E-state index in [1.165, 1.54) is 6.26 Å². The number of carbonyl (C=O) groups excluding carboxylic acids is 1. The molecule has 0 fully saturated rings. The monoisotopic (exact) mass is 286 g/mol. The second kappa shape index (κ2) is 6.74. The maximum Gasteiger partial charge on any atom is 0.342 e. The minimum atomic E-state index is -0.404. The van der Waals surface area contributed by atoms with E-state index in [4.69, 9.17) is 9.15 Å². The molecular formula is C16H18N2O3. The van der Waals surface area contributed by atoms with Crippen molar-refractivity contribution < 1.29 is 13.9 Å². The van der Waals surface area contributed by atoms with Gasteiger partial charge in [-0.25, -0.2) is 4.79 Å². The number of nitrogens with one attached hydrogen (secondary N) is 1. The van der Waals surface area contributed by atoms with Gasteiger partial charge in [-0.2, -0.15) is 5.10 Å². The topological polar surface area (TPSA) is 63.8 Å². The first kappa shape index (κ1) is 14.8. The maximum atomic E-state index is 11.9. The van der Waals surface area contributed by atoms with E-state index < -0.39 is 5.97 Å². The SMILES string of the molecule is CCOC(=O)c1coc(C)c1/C(C)=N/Nc1ccccc1. The van der Waals surface area contributed by atoms with Crippen LogP contribution in [0.15, 0.2) is 46.1 Å². The van der Waals surface area contributed by atoms with Crippen LogP contribution in [0.3, 0.4) is 0 Å². The highest BCUT2D eigenvalue weighted by Gasteiger charge is 2.20. The third kappa shape index (κ3) is 3.51. The van der Waals surface area contributed by atoms with Gasteiger partial charge in [-0.15, -0.1) is 0 Å². The van der Waals surface area contributed by atoms with Crippen LogP contribution in [0.1, 0.15) is 35.5 Å². The van der Waals surface area contributed by atoms with Gasteiger partial charge >= 0.3 is 5.97 Å². The average molecular weight is 286 g/mol. The van der Waals surface area contributed by atoms with E-state index in [0.717, 1.165) is 5.69 Å². The van der Waals surface area contributed by atoms with Crippen molar-refractivity contribution in [1.82, 2.24) is 0 Å². The fourth-order valence-electron chi connectivity index (χ4n) is 1.98. The molecule has 2 rings (SSSR count). The number of aryl methyl sites for hydroxylation is 1. The summed E-state index contributed by atoms with van der Waals surface area (Å²) in [5.74, 6) is 0.229. The predicted octanol–water partition coefficient (Wildman–Crippen LogP) is 3.60. The van der Waals surface area contributed by atoms with Crippen LogP contribution in [0.25, 0.3) is 0 Å². The van der Waals surface area contributed by atoms with Crippen LogP contribution in [-0.4, -0.2) is 18.3 Å². The van der Waals surface area contributed by atoms with Gasteiger partial charge in [0, 0.05) is 0 Å². The van der Waals surface area contributed by atoms with E-state index in [0.29, 0.717) is 29.2 Å². The highest BCUT2D eigenvalue weighted by Crippen LogP contribution is 2.19. The molecule has 21 heavy (non-hydrogen) atoms. The summed E-state index contributed by atoms with van der Waals surface area (Å²) in [7, 11) is 0. The number of hydrogen-bond donors (Lipinski definition) is 1. The van der Waals surface area contributed by atoms with Crippen LogP contribution in [0.5, 0.6) is 0 Å². The first-order valence-corrected chi connectivity index (χ1v) is 6.74. The van der Waals surface area contributed by atoms with Gasteiger partial charge in [0.2, 0.25) is 0 Å². The Hall–Kier alpha value is -2.56. The Balaban J connectivity index is 2.24. The molecule has 5 heteroatoms. The lowest BCUT2D eigenvalue weighted by Crippen LogP contribution is -2.10. The highest BCUT2D eigenvalue weighted by atomic mass is 16.5. The second-order valence-electron chi connectivity index (χ2n) is 4.48. The number of esters is 1. The van der Waals surface area contributed by atoms with Crippen molar-refractivity contribution in [1.29, 1.82) is 0 Å².